The van der Waals surface area contributed by atoms with Gasteiger partial charge >= 0.3 is 0 Å². The Morgan fingerprint density at radius 1 is 0.708 bits per heavy atom. The second-order valence-corrected chi connectivity index (χ2v) is 17.5. The van der Waals surface area contributed by atoms with E-state index in [1.165, 1.54) is 5.56 Å². The average molecular weight is 942 g/mol. The summed E-state index contributed by atoms with van der Waals surface area (Å²) in [5.41, 5.74) is 10.2. The van der Waals surface area contributed by atoms with Crippen molar-refractivity contribution >= 4 is 22.5 Å². The van der Waals surface area contributed by atoms with Gasteiger partial charge in [0.1, 0.15) is 29.2 Å². The number of methoxy groups -OCH3 is 2. The fourth-order valence-electron chi connectivity index (χ4n) is 10.3. The van der Waals surface area contributed by atoms with Crippen molar-refractivity contribution in [3.63, 3.8) is 0 Å². The zero-order valence-corrected chi connectivity index (χ0v) is 38.8. The van der Waals surface area contributed by atoms with Crippen LogP contribution in [0.15, 0.2) is 177 Å². The predicted octanol–water partition coefficient (Wildman–Crippen LogP) is 10.1. The number of benzene rings is 6. The third-order valence-electron chi connectivity index (χ3n) is 13.5. The molecule has 5 atom stereocenters. The Hall–Kier alpha value is -6.32. The first-order chi connectivity index (χ1) is 31.4. The van der Waals surface area contributed by atoms with Gasteiger partial charge < -0.3 is 35.7 Å². The van der Waals surface area contributed by atoms with E-state index in [9.17, 15) is 0 Å². The van der Waals surface area contributed by atoms with Crippen molar-refractivity contribution in [2.24, 2.45) is 11.8 Å². The number of quaternary nitrogens is 1. The molecule has 5 heterocycles. The summed E-state index contributed by atoms with van der Waals surface area (Å²) in [6.45, 7) is 7.14. The van der Waals surface area contributed by atoms with Gasteiger partial charge in [-0.2, -0.15) is 4.98 Å². The number of hydrogen-bond donors (Lipinski definition) is 0. The van der Waals surface area contributed by atoms with E-state index in [1.54, 1.807) is 14.2 Å². The molecule has 0 aliphatic carbocycles. The highest BCUT2D eigenvalue weighted by molar-refractivity contribution is 6.32. The van der Waals surface area contributed by atoms with E-state index in [4.69, 9.17) is 40.8 Å². The Morgan fingerprint density at radius 3 is 1.95 bits per heavy atom. The fourth-order valence-corrected chi connectivity index (χ4v) is 10.6. The van der Waals surface area contributed by atoms with Crippen LogP contribution in [0.4, 0.5) is 0 Å². The summed E-state index contributed by atoms with van der Waals surface area (Å²) in [6, 6.07) is 54.4. The smallest absolute Gasteiger partial charge is 0.227 e. The van der Waals surface area contributed by atoms with Crippen LogP contribution in [0.1, 0.15) is 30.1 Å². The highest BCUT2D eigenvalue weighted by Gasteiger charge is 2.55. The van der Waals surface area contributed by atoms with Gasteiger partial charge in [0.15, 0.2) is 11.9 Å². The van der Waals surface area contributed by atoms with Crippen LogP contribution in [0.25, 0.3) is 55.7 Å². The molecule has 1 unspecified atom stereocenters. The lowest BCUT2D eigenvalue weighted by Crippen LogP contribution is -3.00. The number of nitrogens with zero attached hydrogens (tertiary/aromatic N) is 4. The molecule has 0 N–H and O–H groups in total. The molecule has 0 radical (unpaired) electrons. The molecule has 0 saturated carbocycles. The molecule has 0 amide bonds. The number of aromatic nitrogens is 3. The first kappa shape index (κ1) is 43.9. The van der Waals surface area contributed by atoms with Crippen molar-refractivity contribution in [2.45, 2.75) is 31.5 Å². The summed E-state index contributed by atoms with van der Waals surface area (Å²) < 4.78 is 19.6. The van der Waals surface area contributed by atoms with Crippen LogP contribution in [-0.2, 0) is 6.54 Å². The van der Waals surface area contributed by atoms with Crippen LogP contribution in [0.2, 0.25) is 5.15 Å². The van der Waals surface area contributed by atoms with Gasteiger partial charge in [-0.3, -0.25) is 4.98 Å². The molecule has 8 aromatic rings. The molecular formula is C56H50BrClN4O3. The Balaban J connectivity index is 0.00000533. The van der Waals surface area contributed by atoms with Crippen molar-refractivity contribution in [3.8, 4) is 62.1 Å². The highest BCUT2D eigenvalue weighted by atomic mass is 79.9. The van der Waals surface area contributed by atoms with Gasteiger partial charge in [0.05, 0.1) is 38.4 Å². The van der Waals surface area contributed by atoms with Gasteiger partial charge in [0, 0.05) is 47.0 Å². The SMILES string of the molecule is C=C[C@H]1C[N+]2(Cc3cc(-c4ccc(OC)cc4)cc(-c4ccc(OC)cc4)c3)CC[C@H]1C[C@@H]2[C@@H](Oc1nc(-c2ccccc2)nc(Cl)c1-c1ccccc1)c1ccnc2ccccc12.[Br-]. The minimum Gasteiger partial charge on any atom is -1.00 e. The number of halogens is 2. The van der Waals surface area contributed by atoms with E-state index in [0.29, 0.717) is 34.3 Å². The Bertz CT molecular complexity index is 2860. The van der Waals surface area contributed by atoms with Crippen molar-refractivity contribution < 1.29 is 35.7 Å². The van der Waals surface area contributed by atoms with Gasteiger partial charge in [-0.15, -0.1) is 6.58 Å². The quantitative estimate of drug-likeness (QED) is 0.0652. The summed E-state index contributed by atoms with van der Waals surface area (Å²) in [6.07, 6.45) is 5.75. The molecule has 3 saturated heterocycles. The maximum atomic E-state index is 7.66. The molecule has 0 spiro atoms. The molecule has 9 heteroatoms. The van der Waals surface area contributed by atoms with E-state index in [2.05, 4.69) is 79.4 Å². The van der Waals surface area contributed by atoms with Crippen LogP contribution < -0.4 is 31.2 Å². The minimum absolute atomic E-state index is 0. The van der Waals surface area contributed by atoms with E-state index >= 15 is 0 Å². The molecule has 2 aromatic heterocycles. The Kier molecular flexibility index (Phi) is 12.9. The number of piperidine rings is 3. The Morgan fingerprint density at radius 2 is 1.32 bits per heavy atom. The van der Waals surface area contributed by atoms with Crippen molar-refractivity contribution in [2.75, 3.05) is 27.3 Å². The molecule has 3 aliphatic rings. The zero-order valence-electron chi connectivity index (χ0n) is 36.5. The summed E-state index contributed by atoms with van der Waals surface area (Å²) in [7, 11) is 3.41. The van der Waals surface area contributed by atoms with Crippen molar-refractivity contribution in [1.82, 2.24) is 15.0 Å². The van der Waals surface area contributed by atoms with Crippen LogP contribution in [0.5, 0.6) is 17.4 Å². The number of hydrogen-bond acceptors (Lipinski definition) is 6. The number of fused-ring (bicyclic) bond motifs is 4. The fraction of sp³-hybridized carbons (Fsp3) is 0.196. The highest BCUT2D eigenvalue weighted by Crippen LogP contribution is 2.50. The normalized spacial score (nSPS) is 19.2. The summed E-state index contributed by atoms with van der Waals surface area (Å²) in [5.74, 6) is 3.46. The Labute approximate surface area is 396 Å². The third-order valence-corrected chi connectivity index (χ3v) is 13.8. The second kappa shape index (κ2) is 19.0. The maximum Gasteiger partial charge on any atom is 0.227 e. The lowest BCUT2D eigenvalue weighted by atomic mass is 9.71. The number of para-hydroxylation sites is 1. The van der Waals surface area contributed by atoms with Crippen LogP contribution >= 0.6 is 11.6 Å². The largest absolute Gasteiger partial charge is 1.00 e. The monoisotopic (exact) mass is 940 g/mol. The first-order valence-corrected chi connectivity index (χ1v) is 22.4. The number of ether oxygens (including phenoxy) is 3. The van der Waals surface area contributed by atoms with Crippen LogP contribution in [-0.4, -0.2) is 52.8 Å². The van der Waals surface area contributed by atoms with Crippen molar-refractivity contribution in [3.05, 3.63) is 193 Å². The van der Waals surface area contributed by atoms with Gasteiger partial charge in [0.25, 0.3) is 0 Å². The lowest BCUT2D eigenvalue weighted by Gasteiger charge is -2.58. The minimum atomic E-state index is -0.427. The van der Waals surface area contributed by atoms with E-state index in [1.807, 2.05) is 97.2 Å². The molecule has 11 rings (SSSR count). The summed E-state index contributed by atoms with van der Waals surface area (Å²) >= 11 is 7.26. The second-order valence-electron chi connectivity index (χ2n) is 17.1. The molecule has 2 bridgehead atoms. The molecule has 65 heavy (non-hydrogen) atoms. The molecule has 326 valence electrons. The molecule has 6 aromatic carbocycles. The average Bonchev–Trinajstić information content (AvgIpc) is 3.35. The third kappa shape index (κ3) is 8.78. The van der Waals surface area contributed by atoms with Gasteiger partial charge in [-0.05, 0) is 88.3 Å². The van der Waals surface area contributed by atoms with Gasteiger partial charge in [-0.25, -0.2) is 4.98 Å². The standard InChI is InChI=1S/C56H50ClN4O3.BrH/c1-4-38-36-61(35-37-31-44(39-19-23-46(62-2)24-20-39)33-45(32-37)40-21-25-47(63-3)26-22-40)30-28-43(38)34-51(61)53(49-27-29-58-50-18-12-11-17-48(49)50)64-56-52(41-13-7-5-8-14-41)54(57)59-55(60-56)42-15-9-6-10-16-42;/h4-27,29,31-33,38,43,51,53H,1,28,30,34-36H2,2-3H3;1H/q+1;/p-1/t38-,43-,51+,53-,61?;/m0./s1. The van der Waals surface area contributed by atoms with Crippen LogP contribution in [0.3, 0.4) is 0 Å². The summed E-state index contributed by atoms with van der Waals surface area (Å²) in [4.78, 5) is 15.0. The number of pyridine rings is 1. The molecule has 7 nitrogen and oxygen atoms in total. The lowest BCUT2D eigenvalue weighted by molar-refractivity contribution is -0.984. The molecule has 3 fully saturated rings. The topological polar surface area (TPSA) is 66.4 Å². The maximum absolute atomic E-state index is 7.66. The molecular weight excluding hydrogens is 892 g/mol. The van der Waals surface area contributed by atoms with E-state index in [-0.39, 0.29) is 23.0 Å². The van der Waals surface area contributed by atoms with Gasteiger partial charge in [0.2, 0.25) is 5.88 Å². The number of rotatable bonds is 13. The molecule has 3 aliphatic heterocycles. The van der Waals surface area contributed by atoms with Crippen LogP contribution in [0, 0.1) is 11.8 Å². The predicted molar refractivity (Wildman–Crippen MR) is 257 cm³/mol. The summed E-state index contributed by atoms with van der Waals surface area (Å²) in [5, 5.41) is 1.40. The van der Waals surface area contributed by atoms with Gasteiger partial charge in [-0.1, -0.05) is 121 Å². The first-order valence-electron chi connectivity index (χ1n) is 22.0. The zero-order chi connectivity index (χ0) is 43.6. The van der Waals surface area contributed by atoms with E-state index in [0.717, 1.165) is 98.3 Å². The van der Waals surface area contributed by atoms with Crippen molar-refractivity contribution in [1.29, 1.82) is 0 Å². The van der Waals surface area contributed by atoms with E-state index < -0.39 is 6.10 Å².